The van der Waals surface area contributed by atoms with E-state index < -0.39 is 16.9 Å². The number of benzene rings is 2. The van der Waals surface area contributed by atoms with Gasteiger partial charge in [0.05, 0.1) is 16.9 Å². The molecule has 0 fully saturated rings. The maximum absolute atomic E-state index is 11.9. The van der Waals surface area contributed by atoms with Crippen molar-refractivity contribution in [3.05, 3.63) is 74.8 Å². The second kappa shape index (κ2) is 7.48. The maximum Gasteiger partial charge on any atom is 0.345 e. The number of rotatable bonds is 5. The van der Waals surface area contributed by atoms with E-state index in [0.29, 0.717) is 11.1 Å². The van der Waals surface area contributed by atoms with Crippen LogP contribution in [0.15, 0.2) is 42.5 Å². The van der Waals surface area contributed by atoms with Crippen molar-refractivity contribution in [2.24, 2.45) is 0 Å². The van der Waals surface area contributed by atoms with Gasteiger partial charge in [-0.05, 0) is 43.2 Å². The number of esters is 2. The molecule has 0 aliphatic rings. The molecule has 2 aromatic carbocycles. The van der Waals surface area contributed by atoms with Crippen molar-refractivity contribution < 1.29 is 24.0 Å². The Labute approximate surface area is 143 Å². The lowest BCUT2D eigenvalue weighted by atomic mass is 10.0. The van der Waals surface area contributed by atoms with Crippen molar-refractivity contribution >= 4 is 23.4 Å². The molecule has 2 rings (SSSR count). The number of non-ortho nitro benzene ring substituents is 1. The van der Waals surface area contributed by atoms with E-state index in [4.69, 9.17) is 4.74 Å². The summed E-state index contributed by atoms with van der Waals surface area (Å²) in [5.41, 5.74) is 1.81. The molecule has 128 valence electrons. The summed E-state index contributed by atoms with van der Waals surface area (Å²) < 4.78 is 4.76. The minimum atomic E-state index is -0.877. The van der Waals surface area contributed by atoms with Crippen LogP contribution in [-0.2, 0) is 16.0 Å². The van der Waals surface area contributed by atoms with Gasteiger partial charge in [0.15, 0.2) is 5.78 Å². The Hall–Kier alpha value is -3.35. The summed E-state index contributed by atoms with van der Waals surface area (Å²) in [6.45, 7) is 3.21. The monoisotopic (exact) mass is 341 g/mol. The van der Waals surface area contributed by atoms with Gasteiger partial charge in [-0.2, -0.15) is 0 Å². The number of Topliss-reactive ketones (excluding diaryl/α,β-unsaturated/α-hetero) is 1. The molecule has 2 aromatic rings. The molecule has 0 N–H and O–H groups in total. The van der Waals surface area contributed by atoms with E-state index in [1.54, 1.807) is 25.1 Å². The van der Waals surface area contributed by atoms with Crippen LogP contribution in [0.4, 0.5) is 5.69 Å². The largest absolute Gasteiger partial charge is 0.389 e. The van der Waals surface area contributed by atoms with Crippen LogP contribution in [0.1, 0.15) is 38.8 Å². The van der Waals surface area contributed by atoms with E-state index in [0.717, 1.165) is 17.7 Å². The van der Waals surface area contributed by atoms with Gasteiger partial charge in [-0.3, -0.25) is 19.7 Å². The number of aryl methyl sites for hydroxylation is 1. The van der Waals surface area contributed by atoms with Crippen molar-refractivity contribution in [3.8, 4) is 0 Å². The second-order valence-corrected chi connectivity index (χ2v) is 5.44. The van der Waals surface area contributed by atoms with Gasteiger partial charge in [0, 0.05) is 17.7 Å². The molecular weight excluding hydrogens is 326 g/mol. The SMILES string of the molecule is CC(=O)c1ccc(CC(=O)OC(=O)c2ccc([N+](=O)[O-])cc2)c(C)c1. The molecule has 0 unspecified atom stereocenters. The molecule has 0 radical (unpaired) electrons. The molecule has 25 heavy (non-hydrogen) atoms. The number of nitrogens with zero attached hydrogens (tertiary/aromatic N) is 1. The molecule has 0 aliphatic heterocycles. The third-order valence-electron chi connectivity index (χ3n) is 3.60. The van der Waals surface area contributed by atoms with Crippen molar-refractivity contribution in [2.45, 2.75) is 20.3 Å². The van der Waals surface area contributed by atoms with Gasteiger partial charge in [-0.15, -0.1) is 0 Å². The van der Waals surface area contributed by atoms with Crippen LogP contribution in [-0.4, -0.2) is 22.6 Å². The van der Waals surface area contributed by atoms with E-state index in [2.05, 4.69) is 0 Å². The lowest BCUT2D eigenvalue weighted by Gasteiger charge is -2.07. The fourth-order valence-electron chi connectivity index (χ4n) is 2.19. The highest BCUT2D eigenvalue weighted by Crippen LogP contribution is 2.15. The highest BCUT2D eigenvalue weighted by Gasteiger charge is 2.16. The minimum Gasteiger partial charge on any atom is -0.389 e. The summed E-state index contributed by atoms with van der Waals surface area (Å²) in [5, 5.41) is 10.6. The Kier molecular flexibility index (Phi) is 5.38. The molecule has 0 heterocycles. The zero-order valence-electron chi connectivity index (χ0n) is 13.6. The van der Waals surface area contributed by atoms with Gasteiger partial charge in [0.1, 0.15) is 0 Å². The van der Waals surface area contributed by atoms with Gasteiger partial charge in [-0.25, -0.2) is 4.79 Å². The molecule has 0 aliphatic carbocycles. The molecule has 7 nitrogen and oxygen atoms in total. The summed E-state index contributed by atoms with van der Waals surface area (Å²) in [4.78, 5) is 45.1. The van der Waals surface area contributed by atoms with Gasteiger partial charge in [0.2, 0.25) is 0 Å². The Morgan fingerprint density at radius 2 is 1.64 bits per heavy atom. The molecule has 0 saturated carbocycles. The fourth-order valence-corrected chi connectivity index (χ4v) is 2.19. The van der Waals surface area contributed by atoms with Crippen LogP contribution in [0.2, 0.25) is 0 Å². The summed E-state index contributed by atoms with van der Waals surface area (Å²) in [6.07, 6.45) is -0.122. The Balaban J connectivity index is 2.03. The normalized spacial score (nSPS) is 10.2. The lowest BCUT2D eigenvalue weighted by Crippen LogP contribution is -2.15. The topological polar surface area (TPSA) is 104 Å². The maximum atomic E-state index is 11.9. The minimum absolute atomic E-state index is 0.0441. The molecule has 0 spiro atoms. The average Bonchev–Trinajstić information content (AvgIpc) is 2.56. The van der Waals surface area contributed by atoms with E-state index >= 15 is 0 Å². The smallest absolute Gasteiger partial charge is 0.345 e. The first-order chi connectivity index (χ1) is 11.8. The highest BCUT2D eigenvalue weighted by molar-refractivity contribution is 5.97. The lowest BCUT2D eigenvalue weighted by molar-refractivity contribution is -0.384. The zero-order chi connectivity index (χ0) is 18.6. The molecular formula is C18H15NO6. The highest BCUT2D eigenvalue weighted by atomic mass is 16.6. The quantitative estimate of drug-likeness (QED) is 0.272. The third kappa shape index (κ3) is 4.57. The van der Waals surface area contributed by atoms with Gasteiger partial charge in [0.25, 0.3) is 5.69 Å². The van der Waals surface area contributed by atoms with Crippen LogP contribution >= 0.6 is 0 Å². The number of hydrogen-bond donors (Lipinski definition) is 0. The number of hydrogen-bond acceptors (Lipinski definition) is 6. The second-order valence-electron chi connectivity index (χ2n) is 5.44. The number of carbonyl (C=O) groups excluding carboxylic acids is 3. The molecule has 0 amide bonds. The van der Waals surface area contributed by atoms with Gasteiger partial charge >= 0.3 is 11.9 Å². The van der Waals surface area contributed by atoms with Gasteiger partial charge < -0.3 is 4.74 Å². The summed E-state index contributed by atoms with van der Waals surface area (Å²) in [6, 6.07) is 9.68. The molecule has 0 bridgehead atoms. The van der Waals surface area contributed by atoms with E-state index in [1.165, 1.54) is 19.1 Å². The first-order valence-electron chi connectivity index (χ1n) is 7.38. The zero-order valence-corrected chi connectivity index (χ0v) is 13.6. The Morgan fingerprint density at radius 1 is 1.04 bits per heavy atom. The number of nitro benzene ring substituents is 1. The Morgan fingerprint density at radius 3 is 2.16 bits per heavy atom. The summed E-state index contributed by atoms with van der Waals surface area (Å²) in [5.74, 6) is -1.70. The first-order valence-corrected chi connectivity index (χ1v) is 7.38. The van der Waals surface area contributed by atoms with Gasteiger partial charge in [-0.1, -0.05) is 12.1 Å². The third-order valence-corrected chi connectivity index (χ3v) is 3.60. The van der Waals surface area contributed by atoms with E-state index in [9.17, 15) is 24.5 Å². The van der Waals surface area contributed by atoms with Crippen LogP contribution in [0.3, 0.4) is 0 Å². The average molecular weight is 341 g/mol. The summed E-state index contributed by atoms with van der Waals surface area (Å²) >= 11 is 0. The molecule has 0 aromatic heterocycles. The molecule has 7 heteroatoms. The number of carbonyl (C=O) groups is 3. The van der Waals surface area contributed by atoms with Crippen LogP contribution in [0, 0.1) is 17.0 Å². The fraction of sp³-hybridized carbons (Fsp3) is 0.167. The summed E-state index contributed by atoms with van der Waals surface area (Å²) in [7, 11) is 0. The number of ether oxygens (including phenoxy) is 1. The molecule has 0 atom stereocenters. The van der Waals surface area contributed by atoms with Crippen molar-refractivity contribution in [2.75, 3.05) is 0 Å². The predicted molar refractivity (Wildman–Crippen MR) is 88.4 cm³/mol. The standard InChI is InChI=1S/C18H15NO6/c1-11-9-15(12(2)20)4-3-14(11)10-17(21)25-18(22)13-5-7-16(8-6-13)19(23)24/h3-9H,10H2,1-2H3. The van der Waals surface area contributed by atoms with Crippen molar-refractivity contribution in [1.82, 2.24) is 0 Å². The van der Waals surface area contributed by atoms with Crippen LogP contribution < -0.4 is 0 Å². The molecule has 0 saturated heterocycles. The van der Waals surface area contributed by atoms with E-state index in [1.807, 2.05) is 0 Å². The predicted octanol–water partition coefficient (Wildman–Crippen LogP) is 3.03. The number of nitro groups is 1. The van der Waals surface area contributed by atoms with Crippen LogP contribution in [0.25, 0.3) is 0 Å². The van der Waals surface area contributed by atoms with Crippen molar-refractivity contribution in [1.29, 1.82) is 0 Å². The van der Waals surface area contributed by atoms with E-state index in [-0.39, 0.29) is 23.5 Å². The van der Waals surface area contributed by atoms with Crippen LogP contribution in [0.5, 0.6) is 0 Å². The van der Waals surface area contributed by atoms with Crippen molar-refractivity contribution in [3.63, 3.8) is 0 Å². The first kappa shape index (κ1) is 18.0. The number of ketones is 1. The Bertz CT molecular complexity index is 854.